The van der Waals surface area contributed by atoms with Crippen molar-refractivity contribution in [2.24, 2.45) is 5.92 Å². The van der Waals surface area contributed by atoms with Gasteiger partial charge in [-0.2, -0.15) is 13.2 Å². The van der Waals surface area contributed by atoms with E-state index in [0.717, 1.165) is 30.9 Å². The fourth-order valence-electron chi connectivity index (χ4n) is 4.55. The van der Waals surface area contributed by atoms with E-state index in [1.165, 1.54) is 0 Å². The van der Waals surface area contributed by atoms with Crippen molar-refractivity contribution in [1.29, 1.82) is 0 Å². The molecule has 3 amide bonds. The van der Waals surface area contributed by atoms with Crippen molar-refractivity contribution in [1.82, 2.24) is 10.6 Å². The van der Waals surface area contributed by atoms with Crippen molar-refractivity contribution < 1.29 is 41.1 Å². The molecule has 39 heavy (non-hydrogen) atoms. The lowest BCUT2D eigenvalue weighted by Crippen LogP contribution is -2.47. The molecule has 1 aliphatic carbocycles. The van der Waals surface area contributed by atoms with Gasteiger partial charge in [0.15, 0.2) is 9.84 Å². The number of alkyl halides is 3. The van der Waals surface area contributed by atoms with Crippen molar-refractivity contribution >= 4 is 33.4 Å². The van der Waals surface area contributed by atoms with Gasteiger partial charge in [-0.15, -0.1) is 0 Å². The molecule has 1 fully saturated rings. The number of aryl methyl sites for hydroxylation is 1. The van der Waals surface area contributed by atoms with Crippen LogP contribution in [0.2, 0.25) is 0 Å². The molecule has 0 unspecified atom stereocenters. The molecular weight excluding hydrogens is 539 g/mol. The molecule has 1 aliphatic rings. The topological polar surface area (TPSA) is 142 Å². The summed E-state index contributed by atoms with van der Waals surface area (Å²) in [7, 11) is -3.61. The van der Waals surface area contributed by atoms with E-state index in [4.69, 9.17) is 5.11 Å². The first-order valence-electron chi connectivity index (χ1n) is 12.4. The summed E-state index contributed by atoms with van der Waals surface area (Å²) in [5.74, 6) is -2.25. The molecule has 2 atom stereocenters. The van der Waals surface area contributed by atoms with Crippen LogP contribution < -0.4 is 16.0 Å². The zero-order valence-corrected chi connectivity index (χ0v) is 22.0. The van der Waals surface area contributed by atoms with Gasteiger partial charge in [-0.25, -0.2) is 13.2 Å². The molecule has 0 heterocycles. The highest BCUT2D eigenvalue weighted by atomic mass is 32.2. The molecule has 212 valence electrons. The van der Waals surface area contributed by atoms with Crippen molar-refractivity contribution in [3.8, 4) is 0 Å². The zero-order chi connectivity index (χ0) is 28.8. The minimum absolute atomic E-state index is 0.162. The smallest absolute Gasteiger partial charge is 0.416 e. The van der Waals surface area contributed by atoms with Gasteiger partial charge in [0, 0.05) is 6.04 Å². The number of carbonyl (C=O) groups excluding carboxylic acids is 2. The van der Waals surface area contributed by atoms with Crippen LogP contribution in [0.5, 0.6) is 0 Å². The first kappa shape index (κ1) is 29.9. The largest absolute Gasteiger partial charge is 0.465 e. The number of amides is 3. The predicted octanol–water partition coefficient (Wildman–Crippen LogP) is 4.24. The molecular formula is C26H30F3N3O6S. The van der Waals surface area contributed by atoms with E-state index in [9.17, 15) is 36.0 Å². The highest BCUT2D eigenvalue weighted by molar-refractivity contribution is 7.91. The average Bonchev–Trinajstić information content (AvgIpc) is 2.87. The molecule has 0 aromatic heterocycles. The minimum Gasteiger partial charge on any atom is -0.465 e. The normalized spacial score (nSPS) is 17.7. The molecule has 3 rings (SSSR count). The number of nitrogens with one attached hydrogen (secondary N) is 3. The summed E-state index contributed by atoms with van der Waals surface area (Å²) in [6, 6.07) is 8.13. The molecule has 0 aliphatic heterocycles. The molecule has 2 aromatic rings. The number of sulfone groups is 1. The lowest BCUT2D eigenvalue weighted by atomic mass is 9.86. The average molecular weight is 570 g/mol. The number of hydrogen-bond acceptors (Lipinski definition) is 5. The van der Waals surface area contributed by atoms with Crippen LogP contribution in [-0.4, -0.2) is 49.8 Å². The zero-order valence-electron chi connectivity index (χ0n) is 21.2. The van der Waals surface area contributed by atoms with Gasteiger partial charge in [0.1, 0.15) is 0 Å². The maximum Gasteiger partial charge on any atom is 0.416 e. The van der Waals surface area contributed by atoms with Gasteiger partial charge in [-0.1, -0.05) is 31.9 Å². The molecule has 0 saturated heterocycles. The Labute approximate surface area is 224 Å². The predicted molar refractivity (Wildman–Crippen MR) is 137 cm³/mol. The Kier molecular flexibility index (Phi) is 9.59. The van der Waals surface area contributed by atoms with Crippen LogP contribution in [0.1, 0.15) is 54.1 Å². The Morgan fingerprint density at radius 2 is 1.69 bits per heavy atom. The second-order valence-electron chi connectivity index (χ2n) is 9.37. The van der Waals surface area contributed by atoms with Crippen molar-refractivity contribution in [3.63, 3.8) is 0 Å². The lowest BCUT2D eigenvalue weighted by Gasteiger charge is -2.32. The number of rotatable bonds is 9. The molecule has 0 bridgehead atoms. The van der Waals surface area contributed by atoms with Crippen LogP contribution >= 0.6 is 0 Å². The Morgan fingerprint density at radius 3 is 2.31 bits per heavy atom. The third-order valence-electron chi connectivity index (χ3n) is 6.62. The summed E-state index contributed by atoms with van der Waals surface area (Å²) in [5.41, 5.74) is -1.13. The van der Waals surface area contributed by atoms with Crippen LogP contribution in [0.25, 0.3) is 0 Å². The third kappa shape index (κ3) is 8.19. The van der Waals surface area contributed by atoms with Crippen LogP contribution in [0, 0.1) is 5.92 Å². The summed E-state index contributed by atoms with van der Waals surface area (Å²) in [4.78, 5) is 36.4. The van der Waals surface area contributed by atoms with E-state index < -0.39 is 57.6 Å². The monoisotopic (exact) mass is 569 g/mol. The van der Waals surface area contributed by atoms with Crippen LogP contribution in [-0.2, 0) is 27.2 Å². The Morgan fingerprint density at radius 1 is 1.03 bits per heavy atom. The van der Waals surface area contributed by atoms with E-state index in [-0.39, 0.29) is 22.3 Å². The van der Waals surface area contributed by atoms with Gasteiger partial charge in [0.05, 0.1) is 34.0 Å². The maximum atomic E-state index is 13.1. The van der Waals surface area contributed by atoms with E-state index in [1.807, 2.05) is 12.2 Å². The fraction of sp³-hybridized carbons (Fsp3) is 0.423. The Hall–Kier alpha value is -3.61. The van der Waals surface area contributed by atoms with Crippen molar-refractivity contribution in [3.05, 3.63) is 59.2 Å². The summed E-state index contributed by atoms with van der Waals surface area (Å²) in [6.07, 6.45) is -2.89. The summed E-state index contributed by atoms with van der Waals surface area (Å²) in [6.45, 7) is 1.36. The Bertz CT molecular complexity index is 1310. The number of hydrogen-bond donors (Lipinski definition) is 4. The van der Waals surface area contributed by atoms with Crippen molar-refractivity contribution in [2.75, 3.05) is 17.6 Å². The van der Waals surface area contributed by atoms with Gasteiger partial charge in [0.2, 0.25) is 5.91 Å². The quantitative estimate of drug-likeness (QED) is 0.356. The van der Waals surface area contributed by atoms with Gasteiger partial charge >= 0.3 is 12.3 Å². The first-order chi connectivity index (χ1) is 18.3. The first-order valence-corrected chi connectivity index (χ1v) is 14.1. The molecule has 1 saturated carbocycles. The van der Waals surface area contributed by atoms with Crippen molar-refractivity contribution in [2.45, 2.75) is 56.1 Å². The molecule has 2 aromatic carbocycles. The van der Waals surface area contributed by atoms with E-state index >= 15 is 0 Å². The number of benzene rings is 2. The molecule has 0 spiro atoms. The number of carboxylic acid groups (broad SMARTS) is 1. The molecule has 13 heteroatoms. The van der Waals surface area contributed by atoms with Gasteiger partial charge in [-0.3, -0.25) is 14.9 Å². The Balaban J connectivity index is 1.66. The van der Waals surface area contributed by atoms with E-state index in [0.29, 0.717) is 25.0 Å². The van der Waals surface area contributed by atoms with Crippen LogP contribution in [0.3, 0.4) is 0 Å². The lowest BCUT2D eigenvalue weighted by molar-refractivity contribution is -0.137. The number of halogens is 3. The van der Waals surface area contributed by atoms with Crippen LogP contribution in [0.4, 0.5) is 23.7 Å². The SMILES string of the molecule is CCc1ccc(S(=O)(=O)C[C@@H]2CCCC[C@@H]2NC(=O)CNC(=O)c2cc(C(F)(F)F)ccc2NC(=O)O)cc1. The van der Waals surface area contributed by atoms with E-state index in [2.05, 4.69) is 10.6 Å². The third-order valence-corrected chi connectivity index (χ3v) is 8.48. The molecule has 4 N–H and O–H groups in total. The standard InChI is InChI=1S/C26H30F3N3O6S/c1-2-16-7-10-19(11-8-16)39(37,38)15-17-5-3-4-6-21(17)31-23(33)14-30-24(34)20-13-18(26(27,28)29)9-12-22(20)32-25(35)36/h7-13,17,21,32H,2-6,14-15H2,1H3,(H,30,34)(H,31,33)(H,35,36)/t17-,21-/m0/s1. The minimum atomic E-state index is -4.78. The maximum absolute atomic E-state index is 13.1. The second-order valence-corrected chi connectivity index (χ2v) is 11.4. The number of carbonyl (C=O) groups is 3. The van der Waals surface area contributed by atoms with Gasteiger partial charge in [0.25, 0.3) is 5.91 Å². The van der Waals surface area contributed by atoms with E-state index in [1.54, 1.807) is 24.3 Å². The van der Waals surface area contributed by atoms with Crippen LogP contribution in [0.15, 0.2) is 47.4 Å². The highest BCUT2D eigenvalue weighted by Gasteiger charge is 2.33. The fourth-order valence-corrected chi connectivity index (χ4v) is 6.26. The van der Waals surface area contributed by atoms with Gasteiger partial charge in [-0.05, 0) is 61.1 Å². The summed E-state index contributed by atoms with van der Waals surface area (Å²) < 4.78 is 65.4. The summed E-state index contributed by atoms with van der Waals surface area (Å²) in [5, 5.41) is 15.8. The number of anilines is 1. The van der Waals surface area contributed by atoms with Gasteiger partial charge < -0.3 is 15.7 Å². The molecule has 0 radical (unpaired) electrons. The second kappa shape index (κ2) is 12.5. The molecule has 9 nitrogen and oxygen atoms in total. The highest BCUT2D eigenvalue weighted by Crippen LogP contribution is 2.32. The summed E-state index contributed by atoms with van der Waals surface area (Å²) >= 11 is 0.